The molecule has 1 aliphatic carbocycles. The number of rotatable bonds is 3. The number of hydrogen-bond donors (Lipinski definition) is 1. The summed E-state index contributed by atoms with van der Waals surface area (Å²) in [6.45, 7) is 0. The molecule has 0 bridgehead atoms. The Kier molecular flexibility index (Phi) is 2.93. The normalized spacial score (nSPS) is 17.5. The van der Waals surface area contributed by atoms with E-state index in [1.165, 1.54) is 30.4 Å². The Morgan fingerprint density at radius 3 is 2.67 bits per heavy atom. The fraction of sp³-hybridized carbons (Fsp3) is 0.727. The first-order valence-electron chi connectivity index (χ1n) is 5.65. The monoisotopic (exact) mass is 211 g/mol. The van der Waals surface area contributed by atoms with Crippen LogP contribution in [-0.4, -0.2) is 9.78 Å². The second-order valence-electron chi connectivity index (χ2n) is 4.46. The fourth-order valence-electron chi connectivity index (χ4n) is 2.37. The first kappa shape index (κ1) is 10.5. The van der Waals surface area contributed by atoms with E-state index in [9.17, 15) is 4.39 Å². The summed E-state index contributed by atoms with van der Waals surface area (Å²) in [4.78, 5) is 0. The summed E-state index contributed by atoms with van der Waals surface area (Å²) in [7, 11) is 1.68. The number of halogens is 1. The van der Waals surface area contributed by atoms with Crippen LogP contribution >= 0.6 is 0 Å². The zero-order valence-corrected chi connectivity index (χ0v) is 9.17. The number of anilines is 1. The van der Waals surface area contributed by atoms with E-state index in [0.717, 1.165) is 18.8 Å². The average Bonchev–Trinajstić information content (AvgIpc) is 2.80. The van der Waals surface area contributed by atoms with Gasteiger partial charge in [0.2, 0.25) is 0 Å². The van der Waals surface area contributed by atoms with Gasteiger partial charge in [-0.25, -0.2) is 4.39 Å². The summed E-state index contributed by atoms with van der Waals surface area (Å²) in [6.07, 6.45) is 7.03. The van der Waals surface area contributed by atoms with Gasteiger partial charge < -0.3 is 5.73 Å². The van der Waals surface area contributed by atoms with Gasteiger partial charge in [-0.1, -0.05) is 25.7 Å². The number of nitrogens with two attached hydrogens (primary N) is 1. The molecule has 4 heteroatoms. The number of hydrogen-bond acceptors (Lipinski definition) is 2. The molecule has 1 saturated carbocycles. The Balaban J connectivity index is 1.95. The van der Waals surface area contributed by atoms with Gasteiger partial charge in [0, 0.05) is 7.05 Å². The minimum absolute atomic E-state index is 0.149. The lowest BCUT2D eigenvalue weighted by molar-refractivity contribution is 0.491. The Bertz CT molecular complexity index is 340. The predicted molar refractivity (Wildman–Crippen MR) is 57.9 cm³/mol. The zero-order valence-electron chi connectivity index (χ0n) is 9.17. The number of aromatic nitrogens is 2. The van der Waals surface area contributed by atoms with Crippen molar-refractivity contribution in [2.24, 2.45) is 13.0 Å². The standard InChI is InChI=1S/C11H18FN3/c1-15-11(13)10(12)9(14-15)7-6-8-4-2-3-5-8/h8H,2-7,13H2,1H3. The first-order valence-corrected chi connectivity index (χ1v) is 5.65. The van der Waals surface area contributed by atoms with Crippen LogP contribution in [0.2, 0.25) is 0 Å². The third-order valence-corrected chi connectivity index (χ3v) is 3.36. The molecule has 15 heavy (non-hydrogen) atoms. The molecule has 2 N–H and O–H groups in total. The third kappa shape index (κ3) is 2.13. The molecular formula is C11H18FN3. The van der Waals surface area contributed by atoms with Gasteiger partial charge in [-0.05, 0) is 18.8 Å². The number of nitrogen functional groups attached to an aromatic ring is 1. The van der Waals surface area contributed by atoms with Crippen molar-refractivity contribution in [2.45, 2.75) is 38.5 Å². The molecule has 0 aromatic carbocycles. The minimum atomic E-state index is -0.324. The fourth-order valence-corrected chi connectivity index (χ4v) is 2.37. The maximum atomic E-state index is 13.5. The van der Waals surface area contributed by atoms with E-state index in [1.807, 2.05) is 0 Å². The van der Waals surface area contributed by atoms with Crippen LogP contribution in [0.15, 0.2) is 0 Å². The maximum Gasteiger partial charge on any atom is 0.188 e. The van der Waals surface area contributed by atoms with E-state index in [4.69, 9.17) is 5.73 Å². The van der Waals surface area contributed by atoms with Crippen LogP contribution in [0.4, 0.5) is 10.2 Å². The molecule has 1 heterocycles. The van der Waals surface area contributed by atoms with Crippen molar-refractivity contribution in [3.05, 3.63) is 11.5 Å². The second kappa shape index (κ2) is 4.21. The van der Waals surface area contributed by atoms with Crippen molar-refractivity contribution in [2.75, 3.05) is 5.73 Å². The van der Waals surface area contributed by atoms with Crippen LogP contribution < -0.4 is 5.73 Å². The molecule has 0 spiro atoms. The summed E-state index contributed by atoms with van der Waals surface area (Å²) < 4.78 is 14.9. The van der Waals surface area contributed by atoms with Crippen molar-refractivity contribution < 1.29 is 4.39 Å². The maximum absolute atomic E-state index is 13.5. The van der Waals surface area contributed by atoms with Gasteiger partial charge in [0.15, 0.2) is 11.6 Å². The SMILES string of the molecule is Cn1nc(CCC2CCCC2)c(F)c1N. The van der Waals surface area contributed by atoms with Crippen LogP contribution in [0, 0.1) is 11.7 Å². The van der Waals surface area contributed by atoms with Crippen molar-refractivity contribution in [3.8, 4) is 0 Å². The highest BCUT2D eigenvalue weighted by atomic mass is 19.1. The Hall–Kier alpha value is -1.06. The molecule has 0 amide bonds. The van der Waals surface area contributed by atoms with Gasteiger partial charge in [-0.15, -0.1) is 0 Å². The van der Waals surface area contributed by atoms with Gasteiger partial charge in [0.25, 0.3) is 0 Å². The summed E-state index contributed by atoms with van der Waals surface area (Å²) in [5.41, 5.74) is 6.04. The van der Waals surface area contributed by atoms with E-state index < -0.39 is 0 Å². The molecule has 1 aliphatic rings. The van der Waals surface area contributed by atoms with Gasteiger partial charge >= 0.3 is 0 Å². The Labute approximate surface area is 89.5 Å². The van der Waals surface area contributed by atoms with Crippen LogP contribution in [0.25, 0.3) is 0 Å². The molecule has 0 atom stereocenters. The minimum Gasteiger partial charge on any atom is -0.381 e. The molecule has 0 radical (unpaired) electrons. The lowest BCUT2D eigenvalue weighted by atomic mass is 10.0. The third-order valence-electron chi connectivity index (χ3n) is 3.36. The van der Waals surface area contributed by atoms with E-state index >= 15 is 0 Å². The molecule has 1 aromatic rings. The summed E-state index contributed by atoms with van der Waals surface area (Å²) in [5, 5.41) is 4.09. The van der Waals surface area contributed by atoms with Gasteiger partial charge in [0.1, 0.15) is 5.69 Å². The van der Waals surface area contributed by atoms with E-state index in [2.05, 4.69) is 5.10 Å². The molecule has 1 aromatic heterocycles. The molecule has 1 fully saturated rings. The van der Waals surface area contributed by atoms with Crippen LogP contribution in [0.5, 0.6) is 0 Å². The smallest absolute Gasteiger partial charge is 0.188 e. The molecule has 2 rings (SSSR count). The average molecular weight is 211 g/mol. The number of nitrogens with zero attached hydrogens (tertiary/aromatic N) is 2. The predicted octanol–water partition coefficient (Wildman–Crippen LogP) is 2.26. The van der Waals surface area contributed by atoms with Gasteiger partial charge in [-0.2, -0.15) is 5.10 Å². The van der Waals surface area contributed by atoms with Crippen molar-refractivity contribution >= 4 is 5.82 Å². The van der Waals surface area contributed by atoms with Crippen molar-refractivity contribution in [3.63, 3.8) is 0 Å². The van der Waals surface area contributed by atoms with E-state index in [-0.39, 0.29) is 11.6 Å². The van der Waals surface area contributed by atoms with Crippen molar-refractivity contribution in [1.29, 1.82) is 0 Å². The molecule has 3 nitrogen and oxygen atoms in total. The van der Waals surface area contributed by atoms with E-state index in [0.29, 0.717) is 5.69 Å². The van der Waals surface area contributed by atoms with Crippen molar-refractivity contribution in [1.82, 2.24) is 9.78 Å². The Morgan fingerprint density at radius 2 is 2.13 bits per heavy atom. The zero-order chi connectivity index (χ0) is 10.8. The highest BCUT2D eigenvalue weighted by Gasteiger charge is 2.18. The lowest BCUT2D eigenvalue weighted by Crippen LogP contribution is -1.99. The van der Waals surface area contributed by atoms with Crippen LogP contribution in [0.3, 0.4) is 0 Å². The highest BCUT2D eigenvalue weighted by Crippen LogP contribution is 2.29. The topological polar surface area (TPSA) is 43.8 Å². The summed E-state index contributed by atoms with van der Waals surface area (Å²) in [5.74, 6) is 0.597. The summed E-state index contributed by atoms with van der Waals surface area (Å²) >= 11 is 0. The number of aryl methyl sites for hydroxylation is 2. The van der Waals surface area contributed by atoms with Crippen LogP contribution in [0.1, 0.15) is 37.8 Å². The second-order valence-corrected chi connectivity index (χ2v) is 4.46. The first-order chi connectivity index (χ1) is 7.18. The van der Waals surface area contributed by atoms with Crippen LogP contribution in [-0.2, 0) is 13.5 Å². The Morgan fingerprint density at radius 1 is 1.47 bits per heavy atom. The van der Waals surface area contributed by atoms with E-state index in [1.54, 1.807) is 7.05 Å². The molecule has 0 unspecified atom stereocenters. The highest BCUT2D eigenvalue weighted by molar-refractivity contribution is 5.33. The lowest BCUT2D eigenvalue weighted by Gasteiger charge is -2.06. The molecule has 0 aliphatic heterocycles. The quantitative estimate of drug-likeness (QED) is 0.833. The molecule has 84 valence electrons. The largest absolute Gasteiger partial charge is 0.381 e. The van der Waals surface area contributed by atoms with Gasteiger partial charge in [0.05, 0.1) is 0 Å². The molecular weight excluding hydrogens is 193 g/mol. The molecule has 0 saturated heterocycles. The summed E-state index contributed by atoms with van der Waals surface area (Å²) in [6, 6.07) is 0. The van der Waals surface area contributed by atoms with Gasteiger partial charge in [-0.3, -0.25) is 4.68 Å².